The summed E-state index contributed by atoms with van der Waals surface area (Å²) in [4.78, 5) is 25.5. The summed E-state index contributed by atoms with van der Waals surface area (Å²) in [5.74, 6) is -2.01. The molecule has 0 aromatic heterocycles. The van der Waals surface area contributed by atoms with E-state index < -0.39 is 71.2 Å². The lowest BCUT2D eigenvalue weighted by molar-refractivity contribution is -0.297. The van der Waals surface area contributed by atoms with Gasteiger partial charge in [0.2, 0.25) is 0 Å². The van der Waals surface area contributed by atoms with Crippen LogP contribution in [0.1, 0.15) is 194 Å². The maximum Gasteiger partial charge on any atom is 0.306 e. The van der Waals surface area contributed by atoms with Gasteiger partial charge in [-0.3, -0.25) is 14.1 Å². The van der Waals surface area contributed by atoms with Crippen LogP contribution in [0.5, 0.6) is 0 Å². The lowest BCUT2D eigenvalue weighted by atomic mass is 10.00. The minimum Gasteiger partial charge on any atom is -0.462 e. The van der Waals surface area contributed by atoms with Crippen molar-refractivity contribution in [3.63, 3.8) is 0 Å². The number of aliphatic hydroxyl groups excluding tert-OH is 3. The number of unbranched alkanes of at least 4 members (excludes halogenated alkanes) is 23. The molecule has 0 amide bonds. The molecule has 1 heterocycles. The standard InChI is InChI=1S/C49H86O12S/c1-3-5-7-9-11-13-15-17-19-20-21-22-24-26-28-30-32-34-36-38-45(51)60-42(40-59-49-48(54)47(53)46(52)43(61-49)41-62(55,56)57)39-58-44(50)37-35-33-31-29-27-25-23-18-16-14-12-10-8-6-4-2/h6,8,10,12,14,16,18,23,42-43,46-49,52-54H,3-5,7,9,11,13,15,17,19-22,24-41H2,1-2H3,(H,55,56,57)/b8-6+,12-10+,16-14+,23-18+/t42-,43-,46-,47?,48?,49+/m1/s1. The molecule has 0 aliphatic carbocycles. The van der Waals surface area contributed by atoms with Crippen molar-refractivity contribution >= 4 is 22.1 Å². The fourth-order valence-corrected chi connectivity index (χ4v) is 7.97. The Hall–Kier alpha value is -2.39. The van der Waals surface area contributed by atoms with Gasteiger partial charge in [0.15, 0.2) is 12.4 Å². The maximum atomic E-state index is 12.8. The highest BCUT2D eigenvalue weighted by molar-refractivity contribution is 7.85. The van der Waals surface area contributed by atoms with Gasteiger partial charge < -0.3 is 34.3 Å². The van der Waals surface area contributed by atoms with Crippen LogP contribution in [0.3, 0.4) is 0 Å². The summed E-state index contributed by atoms with van der Waals surface area (Å²) < 4.78 is 54.1. The van der Waals surface area contributed by atoms with Gasteiger partial charge in [-0.15, -0.1) is 0 Å². The van der Waals surface area contributed by atoms with Crippen LogP contribution < -0.4 is 0 Å². The average Bonchev–Trinajstić information content (AvgIpc) is 3.24. The normalized spacial score (nSPS) is 20.3. The Morgan fingerprint density at radius 1 is 0.565 bits per heavy atom. The van der Waals surface area contributed by atoms with E-state index in [-0.39, 0.29) is 19.4 Å². The molecule has 0 aromatic carbocycles. The first-order valence-electron chi connectivity index (χ1n) is 24.2. The first kappa shape index (κ1) is 57.6. The van der Waals surface area contributed by atoms with E-state index in [0.29, 0.717) is 12.8 Å². The van der Waals surface area contributed by atoms with Crippen molar-refractivity contribution in [2.75, 3.05) is 19.0 Å². The van der Waals surface area contributed by atoms with Crippen LogP contribution in [-0.2, 0) is 38.7 Å². The molecule has 0 spiro atoms. The van der Waals surface area contributed by atoms with E-state index >= 15 is 0 Å². The molecule has 4 N–H and O–H groups in total. The van der Waals surface area contributed by atoms with Crippen LogP contribution in [0.2, 0.25) is 0 Å². The molecule has 1 aliphatic heterocycles. The summed E-state index contributed by atoms with van der Waals surface area (Å²) in [5, 5.41) is 30.9. The molecule has 62 heavy (non-hydrogen) atoms. The van der Waals surface area contributed by atoms with E-state index in [4.69, 9.17) is 18.9 Å². The summed E-state index contributed by atoms with van der Waals surface area (Å²) >= 11 is 0. The first-order valence-corrected chi connectivity index (χ1v) is 25.9. The monoisotopic (exact) mass is 899 g/mol. The molecule has 2 unspecified atom stereocenters. The molecule has 1 aliphatic rings. The van der Waals surface area contributed by atoms with Gasteiger partial charge in [-0.1, -0.05) is 197 Å². The number of carbonyl (C=O) groups is 2. The maximum absolute atomic E-state index is 12.8. The van der Waals surface area contributed by atoms with Crippen LogP contribution in [0.4, 0.5) is 0 Å². The highest BCUT2D eigenvalue weighted by Gasteiger charge is 2.46. The number of rotatable bonds is 40. The predicted octanol–water partition coefficient (Wildman–Crippen LogP) is 10.3. The highest BCUT2D eigenvalue weighted by atomic mass is 32.2. The summed E-state index contributed by atoms with van der Waals surface area (Å²) in [6.45, 7) is 3.62. The molecule has 12 nitrogen and oxygen atoms in total. The Labute approximate surface area is 375 Å². The van der Waals surface area contributed by atoms with Crippen molar-refractivity contribution in [1.82, 2.24) is 0 Å². The number of aliphatic hydroxyl groups is 3. The van der Waals surface area contributed by atoms with Gasteiger partial charge in [-0.2, -0.15) is 8.42 Å². The molecule has 1 rings (SSSR count). The smallest absolute Gasteiger partial charge is 0.306 e. The Bertz CT molecular complexity index is 1330. The summed E-state index contributed by atoms with van der Waals surface area (Å²) in [5.41, 5.74) is 0. The largest absolute Gasteiger partial charge is 0.462 e. The highest BCUT2D eigenvalue weighted by Crippen LogP contribution is 2.24. The van der Waals surface area contributed by atoms with E-state index in [1.54, 1.807) is 0 Å². The van der Waals surface area contributed by atoms with E-state index in [9.17, 15) is 37.9 Å². The van der Waals surface area contributed by atoms with E-state index in [0.717, 1.165) is 57.8 Å². The molecule has 1 fully saturated rings. The molecular weight excluding hydrogens is 813 g/mol. The predicted molar refractivity (Wildman–Crippen MR) is 247 cm³/mol. The minimum absolute atomic E-state index is 0.161. The molecular formula is C49H86O12S. The SMILES string of the molecule is CC/C=C/C=C/C=C/C=C/CCCCCCCC(=O)OC[C@H](CO[C@H]1O[C@H](CS(=O)(=O)O)[C@@H](O)C(O)C1O)OC(=O)CCCCCCCCCCCCCCCCCCCCC. The van der Waals surface area contributed by atoms with Crippen LogP contribution in [-0.4, -0.2) is 96.0 Å². The zero-order valence-corrected chi connectivity index (χ0v) is 39.3. The molecule has 0 bridgehead atoms. The molecule has 0 radical (unpaired) electrons. The molecule has 360 valence electrons. The van der Waals surface area contributed by atoms with Gasteiger partial charge in [0.1, 0.15) is 36.8 Å². The second kappa shape index (κ2) is 39.0. The Morgan fingerprint density at radius 3 is 1.52 bits per heavy atom. The van der Waals surface area contributed by atoms with Crippen LogP contribution in [0, 0.1) is 0 Å². The molecule has 0 aromatic rings. The second-order valence-electron chi connectivity index (χ2n) is 16.8. The zero-order chi connectivity index (χ0) is 45.5. The van der Waals surface area contributed by atoms with Crippen LogP contribution in [0.15, 0.2) is 48.6 Å². The number of carbonyl (C=O) groups excluding carboxylic acids is 2. The fraction of sp³-hybridized carbons (Fsp3) is 0.796. The summed E-state index contributed by atoms with van der Waals surface area (Å²) in [7, 11) is -4.61. The number of ether oxygens (including phenoxy) is 4. The van der Waals surface area contributed by atoms with Gasteiger partial charge in [-0.05, 0) is 32.1 Å². The van der Waals surface area contributed by atoms with Crippen molar-refractivity contribution in [3.8, 4) is 0 Å². The second-order valence-corrected chi connectivity index (χ2v) is 18.3. The summed E-state index contributed by atoms with van der Waals surface area (Å²) in [6, 6.07) is 0. The molecule has 0 saturated carbocycles. The zero-order valence-electron chi connectivity index (χ0n) is 38.5. The van der Waals surface area contributed by atoms with Crippen LogP contribution >= 0.6 is 0 Å². The van der Waals surface area contributed by atoms with Crippen molar-refractivity contribution in [3.05, 3.63) is 48.6 Å². The Morgan fingerprint density at radius 2 is 1.02 bits per heavy atom. The molecule has 6 atom stereocenters. The van der Waals surface area contributed by atoms with Gasteiger partial charge in [0.05, 0.1) is 6.61 Å². The van der Waals surface area contributed by atoms with Gasteiger partial charge in [0, 0.05) is 12.8 Å². The average molecular weight is 899 g/mol. The molecule has 13 heteroatoms. The number of allylic oxidation sites excluding steroid dienone is 8. The van der Waals surface area contributed by atoms with Crippen molar-refractivity contribution in [1.29, 1.82) is 0 Å². The topological polar surface area (TPSA) is 186 Å². The third-order valence-electron chi connectivity index (χ3n) is 11.0. The van der Waals surface area contributed by atoms with E-state index in [1.165, 1.54) is 96.3 Å². The van der Waals surface area contributed by atoms with Gasteiger partial charge in [-0.25, -0.2) is 0 Å². The first-order chi connectivity index (χ1) is 30.0. The van der Waals surface area contributed by atoms with E-state index in [1.807, 2.05) is 36.5 Å². The third kappa shape index (κ3) is 33.2. The fourth-order valence-electron chi connectivity index (χ4n) is 7.28. The Kier molecular flexibility index (Phi) is 36.3. The summed E-state index contributed by atoms with van der Waals surface area (Å²) in [6.07, 6.45) is 37.2. The van der Waals surface area contributed by atoms with Gasteiger partial charge in [0.25, 0.3) is 10.1 Å². The van der Waals surface area contributed by atoms with Crippen LogP contribution in [0.25, 0.3) is 0 Å². The Balaban J connectivity index is 2.41. The van der Waals surface area contributed by atoms with Crippen molar-refractivity contribution < 1.29 is 56.8 Å². The lowest BCUT2D eigenvalue weighted by Crippen LogP contribution is -2.60. The number of esters is 2. The van der Waals surface area contributed by atoms with Gasteiger partial charge >= 0.3 is 11.9 Å². The quantitative estimate of drug-likeness (QED) is 0.0198. The lowest BCUT2D eigenvalue weighted by Gasteiger charge is -2.40. The number of hydrogen-bond donors (Lipinski definition) is 4. The van der Waals surface area contributed by atoms with E-state index in [2.05, 4.69) is 26.0 Å². The van der Waals surface area contributed by atoms with Crippen molar-refractivity contribution in [2.45, 2.75) is 230 Å². The third-order valence-corrected chi connectivity index (χ3v) is 11.8. The minimum atomic E-state index is -4.61. The van der Waals surface area contributed by atoms with Crippen molar-refractivity contribution in [2.24, 2.45) is 0 Å². The number of hydrogen-bond acceptors (Lipinski definition) is 11. The molecule has 1 saturated heterocycles.